The van der Waals surface area contributed by atoms with Crippen molar-refractivity contribution < 1.29 is 13.2 Å². The first-order valence-corrected chi connectivity index (χ1v) is 11.2. The van der Waals surface area contributed by atoms with Crippen LogP contribution in [-0.4, -0.2) is 61.0 Å². The summed E-state index contributed by atoms with van der Waals surface area (Å²) < 4.78 is 32.0. The van der Waals surface area contributed by atoms with Crippen molar-refractivity contribution in [2.75, 3.05) is 31.1 Å². The normalized spacial score (nSPS) is 15.2. The number of oxazole rings is 1. The van der Waals surface area contributed by atoms with E-state index in [4.69, 9.17) is 4.42 Å². The zero-order chi connectivity index (χ0) is 23.1. The zero-order valence-corrected chi connectivity index (χ0v) is 19.6. The molecular weight excluding hydrogens is 498 g/mol. The largest absolute Gasteiger partial charge is 0.439 e. The standard InChI is InChI=1S/C21H21BrF2N8O/c1-12-13(2)25-11-26-20(12)31-7-5-30(6-8-31)10-17-27-15-4-3-14(9-16(15)33-17)18-19(22)29-32(28-18)21(23)24/h3-4,9,11,21H,5-8,10H2,1-2H3. The molecule has 5 rings (SSSR count). The molecule has 0 spiro atoms. The van der Waals surface area contributed by atoms with Gasteiger partial charge in [0.1, 0.15) is 23.4 Å². The maximum atomic E-state index is 12.9. The van der Waals surface area contributed by atoms with E-state index in [0.717, 1.165) is 43.3 Å². The lowest BCUT2D eigenvalue weighted by atomic mass is 10.1. The molecule has 1 aromatic carbocycles. The first-order chi connectivity index (χ1) is 15.9. The van der Waals surface area contributed by atoms with Gasteiger partial charge >= 0.3 is 6.55 Å². The molecule has 4 heterocycles. The van der Waals surface area contributed by atoms with Crippen molar-refractivity contribution in [1.29, 1.82) is 0 Å². The summed E-state index contributed by atoms with van der Waals surface area (Å²) in [6.07, 6.45) is 1.61. The molecule has 0 unspecified atom stereocenters. The van der Waals surface area contributed by atoms with Crippen molar-refractivity contribution in [3.05, 3.63) is 46.3 Å². The van der Waals surface area contributed by atoms with Gasteiger partial charge in [-0.15, -0.1) is 15.0 Å². The lowest BCUT2D eigenvalue weighted by Crippen LogP contribution is -2.46. The Bertz CT molecular complexity index is 1300. The quantitative estimate of drug-likeness (QED) is 0.392. The fourth-order valence-corrected chi connectivity index (χ4v) is 4.38. The number of alkyl halides is 2. The SMILES string of the molecule is Cc1ncnc(N2CCN(Cc3nc4ccc(-c5nn(C(F)F)nc5Br)cc4o3)CC2)c1C. The molecule has 0 saturated carbocycles. The third-order valence-corrected chi connectivity index (χ3v) is 6.34. The number of piperazine rings is 1. The van der Waals surface area contributed by atoms with E-state index >= 15 is 0 Å². The summed E-state index contributed by atoms with van der Waals surface area (Å²) in [6, 6.07) is 5.31. The lowest BCUT2D eigenvalue weighted by molar-refractivity contribution is 0.0412. The van der Waals surface area contributed by atoms with Crippen LogP contribution in [0.3, 0.4) is 0 Å². The number of aryl methyl sites for hydroxylation is 1. The van der Waals surface area contributed by atoms with Crippen LogP contribution in [0.2, 0.25) is 0 Å². The van der Waals surface area contributed by atoms with Crippen LogP contribution in [-0.2, 0) is 6.54 Å². The monoisotopic (exact) mass is 518 g/mol. The van der Waals surface area contributed by atoms with Crippen molar-refractivity contribution in [3.8, 4) is 11.3 Å². The molecule has 0 radical (unpaired) electrons. The second-order valence-corrected chi connectivity index (χ2v) is 8.65. The highest BCUT2D eigenvalue weighted by Gasteiger charge is 2.22. The molecule has 12 heteroatoms. The van der Waals surface area contributed by atoms with Gasteiger partial charge in [-0.05, 0) is 41.9 Å². The van der Waals surface area contributed by atoms with Crippen molar-refractivity contribution in [2.45, 2.75) is 26.9 Å². The van der Waals surface area contributed by atoms with Gasteiger partial charge in [-0.1, -0.05) is 6.07 Å². The van der Waals surface area contributed by atoms with Crippen molar-refractivity contribution >= 4 is 32.8 Å². The lowest BCUT2D eigenvalue weighted by Gasteiger charge is -2.35. The summed E-state index contributed by atoms with van der Waals surface area (Å²) in [6.45, 7) is 5.26. The van der Waals surface area contributed by atoms with Crippen molar-refractivity contribution in [1.82, 2.24) is 34.8 Å². The van der Waals surface area contributed by atoms with Crippen LogP contribution in [0.5, 0.6) is 0 Å². The maximum absolute atomic E-state index is 12.9. The smallest absolute Gasteiger partial charge is 0.348 e. The Labute approximate surface area is 196 Å². The molecule has 9 nitrogen and oxygen atoms in total. The molecule has 33 heavy (non-hydrogen) atoms. The van der Waals surface area contributed by atoms with E-state index < -0.39 is 6.55 Å². The number of nitrogens with zero attached hydrogens (tertiary/aromatic N) is 8. The molecule has 4 aromatic rings. The summed E-state index contributed by atoms with van der Waals surface area (Å²) in [5.74, 6) is 1.60. The van der Waals surface area contributed by atoms with Crippen LogP contribution < -0.4 is 4.90 Å². The summed E-state index contributed by atoms with van der Waals surface area (Å²) in [5.41, 5.74) is 4.33. The van der Waals surface area contributed by atoms with E-state index in [2.05, 4.69) is 57.8 Å². The Morgan fingerprint density at radius 2 is 1.88 bits per heavy atom. The van der Waals surface area contributed by atoms with Crippen LogP contribution in [0.15, 0.2) is 33.5 Å². The second kappa shape index (κ2) is 8.75. The summed E-state index contributed by atoms with van der Waals surface area (Å²) >= 11 is 3.19. The van der Waals surface area contributed by atoms with E-state index in [1.54, 1.807) is 24.5 Å². The Balaban J connectivity index is 1.28. The molecule has 1 fully saturated rings. The number of halogens is 3. The molecule has 0 atom stereocenters. The highest BCUT2D eigenvalue weighted by molar-refractivity contribution is 9.10. The molecule has 1 aliphatic rings. The van der Waals surface area contributed by atoms with E-state index in [1.165, 1.54) is 0 Å². The van der Waals surface area contributed by atoms with Gasteiger partial charge in [0.05, 0.1) is 6.54 Å². The molecule has 172 valence electrons. The van der Waals surface area contributed by atoms with Crippen molar-refractivity contribution in [2.24, 2.45) is 0 Å². The van der Waals surface area contributed by atoms with E-state index in [1.807, 2.05) is 6.92 Å². The van der Waals surface area contributed by atoms with Gasteiger partial charge in [0.25, 0.3) is 0 Å². The third kappa shape index (κ3) is 4.32. The molecule has 0 N–H and O–H groups in total. The van der Waals surface area contributed by atoms with Crippen LogP contribution in [0.25, 0.3) is 22.4 Å². The van der Waals surface area contributed by atoms with E-state index in [-0.39, 0.29) is 4.60 Å². The third-order valence-electron chi connectivity index (χ3n) is 5.81. The average Bonchev–Trinajstić information content (AvgIpc) is 3.38. The zero-order valence-electron chi connectivity index (χ0n) is 18.0. The number of fused-ring (bicyclic) bond motifs is 1. The van der Waals surface area contributed by atoms with E-state index in [0.29, 0.717) is 39.6 Å². The molecule has 0 bridgehead atoms. The molecule has 0 amide bonds. The number of aromatic nitrogens is 6. The number of anilines is 1. The van der Waals surface area contributed by atoms with E-state index in [9.17, 15) is 8.78 Å². The minimum atomic E-state index is -2.81. The first kappa shape index (κ1) is 21.8. The van der Waals surface area contributed by atoms with Crippen LogP contribution >= 0.6 is 15.9 Å². The molecular formula is C21H21BrF2N8O. The highest BCUT2D eigenvalue weighted by Crippen LogP contribution is 2.29. The number of rotatable bonds is 5. The number of benzene rings is 1. The Morgan fingerprint density at radius 1 is 1.09 bits per heavy atom. The minimum Gasteiger partial charge on any atom is -0.439 e. The predicted molar refractivity (Wildman–Crippen MR) is 121 cm³/mol. The molecule has 3 aromatic heterocycles. The molecule has 1 saturated heterocycles. The second-order valence-electron chi connectivity index (χ2n) is 7.90. The van der Waals surface area contributed by atoms with Gasteiger partial charge in [-0.2, -0.15) is 8.78 Å². The maximum Gasteiger partial charge on any atom is 0.348 e. The molecule has 1 aliphatic heterocycles. The van der Waals surface area contributed by atoms with Gasteiger partial charge in [-0.3, -0.25) is 4.90 Å². The predicted octanol–water partition coefficient (Wildman–Crippen LogP) is 3.97. The van der Waals surface area contributed by atoms with Crippen molar-refractivity contribution in [3.63, 3.8) is 0 Å². The van der Waals surface area contributed by atoms with Gasteiger partial charge in [-0.25, -0.2) is 15.0 Å². The van der Waals surface area contributed by atoms with Crippen LogP contribution in [0, 0.1) is 13.8 Å². The Hall–Kier alpha value is -2.99. The topological polar surface area (TPSA) is 89.0 Å². The fourth-order valence-electron chi connectivity index (χ4n) is 3.91. The van der Waals surface area contributed by atoms with Gasteiger partial charge in [0, 0.05) is 43.0 Å². The number of hydrogen-bond donors (Lipinski definition) is 0. The summed E-state index contributed by atoms with van der Waals surface area (Å²) in [5, 5.41) is 7.55. The minimum absolute atomic E-state index is 0.244. The summed E-state index contributed by atoms with van der Waals surface area (Å²) in [4.78, 5) is 18.2. The first-order valence-electron chi connectivity index (χ1n) is 10.4. The Kier molecular flexibility index (Phi) is 5.79. The summed E-state index contributed by atoms with van der Waals surface area (Å²) in [7, 11) is 0. The molecule has 0 aliphatic carbocycles. The fraction of sp³-hybridized carbons (Fsp3) is 0.381. The number of hydrogen-bond acceptors (Lipinski definition) is 8. The Morgan fingerprint density at radius 3 is 2.61 bits per heavy atom. The highest BCUT2D eigenvalue weighted by atomic mass is 79.9. The average molecular weight is 519 g/mol. The van der Waals surface area contributed by atoms with Gasteiger partial charge in [0.2, 0.25) is 5.89 Å². The van der Waals surface area contributed by atoms with Gasteiger partial charge < -0.3 is 9.32 Å². The van der Waals surface area contributed by atoms with Gasteiger partial charge in [0.15, 0.2) is 10.2 Å². The van der Waals surface area contributed by atoms with Crippen LogP contribution in [0.1, 0.15) is 23.7 Å². The van der Waals surface area contributed by atoms with Crippen LogP contribution in [0.4, 0.5) is 14.6 Å².